The molecule has 1 atom stereocenters. The number of carbonyl (C=O) groups is 2. The number of hydrogen-bond acceptors (Lipinski definition) is 4. The third-order valence-corrected chi connectivity index (χ3v) is 5.25. The van der Waals surface area contributed by atoms with Crippen molar-refractivity contribution in [1.29, 1.82) is 0 Å². The topological polar surface area (TPSA) is 67.9 Å². The van der Waals surface area contributed by atoms with Gasteiger partial charge in [0, 0.05) is 13.6 Å². The Balaban J connectivity index is 1.91. The van der Waals surface area contributed by atoms with Crippen molar-refractivity contribution in [2.75, 3.05) is 20.8 Å². The third-order valence-electron chi connectivity index (χ3n) is 4.94. The molecule has 0 aliphatic heterocycles. The summed E-state index contributed by atoms with van der Waals surface area (Å²) in [6.45, 7) is -0.0537. The van der Waals surface area contributed by atoms with Crippen LogP contribution in [0.3, 0.4) is 0 Å². The van der Waals surface area contributed by atoms with Gasteiger partial charge in [0.25, 0.3) is 5.91 Å². The molecule has 0 radical (unpaired) electrons. The second-order valence-corrected chi connectivity index (χ2v) is 7.42. The lowest BCUT2D eigenvalue weighted by Gasteiger charge is -2.31. The van der Waals surface area contributed by atoms with Crippen LogP contribution in [0.4, 0.5) is 0 Å². The summed E-state index contributed by atoms with van der Waals surface area (Å²) in [5.41, 5.74) is 1.55. The minimum atomic E-state index is -0.828. The molecule has 0 aliphatic rings. The Morgan fingerprint density at radius 1 is 0.969 bits per heavy atom. The van der Waals surface area contributed by atoms with Crippen molar-refractivity contribution in [1.82, 2.24) is 10.2 Å². The van der Waals surface area contributed by atoms with E-state index < -0.39 is 6.04 Å². The summed E-state index contributed by atoms with van der Waals surface area (Å²) in [6, 6.07) is 22.6. The normalized spacial score (nSPS) is 11.3. The van der Waals surface area contributed by atoms with Gasteiger partial charge in [-0.15, -0.1) is 0 Å². The molecule has 3 aromatic carbocycles. The number of para-hydroxylation sites is 1. The highest BCUT2D eigenvalue weighted by Gasteiger charge is 2.31. The lowest BCUT2D eigenvalue weighted by atomic mass is 10.0. The lowest BCUT2D eigenvalue weighted by Crippen LogP contribution is -2.44. The standard InChI is InChI=1S/C25H25ClN2O4/c1-27-25(30)24(19-8-4-3-5-9-19)28(16-18-12-14-20(31-2)15-13-18)23(29)17-32-22-11-7-6-10-21(22)26/h3-15,24H,16-17H2,1-2H3,(H,27,30)/t24-/m1/s1. The number of nitrogens with one attached hydrogen (secondary N) is 1. The first-order valence-corrected chi connectivity index (χ1v) is 10.5. The zero-order valence-corrected chi connectivity index (χ0v) is 18.7. The Labute approximate surface area is 192 Å². The molecule has 0 saturated heterocycles. The molecule has 0 aliphatic carbocycles. The van der Waals surface area contributed by atoms with Crippen LogP contribution in [-0.2, 0) is 16.1 Å². The minimum absolute atomic E-state index is 0.210. The van der Waals surface area contributed by atoms with Gasteiger partial charge < -0.3 is 19.7 Å². The first-order chi connectivity index (χ1) is 15.5. The number of hydrogen-bond donors (Lipinski definition) is 1. The molecule has 3 aromatic rings. The van der Waals surface area contributed by atoms with Gasteiger partial charge in [-0.1, -0.05) is 66.2 Å². The van der Waals surface area contributed by atoms with E-state index in [9.17, 15) is 9.59 Å². The predicted molar refractivity (Wildman–Crippen MR) is 124 cm³/mol. The van der Waals surface area contributed by atoms with Gasteiger partial charge in [-0.05, 0) is 35.4 Å². The summed E-state index contributed by atoms with van der Waals surface area (Å²) >= 11 is 6.15. The maximum Gasteiger partial charge on any atom is 0.261 e. The van der Waals surface area contributed by atoms with Crippen LogP contribution < -0.4 is 14.8 Å². The van der Waals surface area contributed by atoms with E-state index in [1.54, 1.807) is 38.4 Å². The highest BCUT2D eigenvalue weighted by molar-refractivity contribution is 6.32. The number of benzene rings is 3. The molecule has 0 aromatic heterocycles. The number of methoxy groups -OCH3 is 1. The molecule has 6 nitrogen and oxygen atoms in total. The monoisotopic (exact) mass is 452 g/mol. The molecule has 0 fully saturated rings. The Bertz CT molecular complexity index is 1040. The fourth-order valence-electron chi connectivity index (χ4n) is 3.28. The zero-order valence-electron chi connectivity index (χ0n) is 18.0. The van der Waals surface area contributed by atoms with Crippen LogP contribution in [0.15, 0.2) is 78.9 Å². The maximum absolute atomic E-state index is 13.3. The van der Waals surface area contributed by atoms with Crippen molar-refractivity contribution in [2.45, 2.75) is 12.6 Å². The highest BCUT2D eigenvalue weighted by atomic mass is 35.5. The van der Waals surface area contributed by atoms with Crippen LogP contribution >= 0.6 is 11.6 Å². The van der Waals surface area contributed by atoms with Gasteiger partial charge in [0.2, 0.25) is 5.91 Å². The quantitative estimate of drug-likeness (QED) is 0.527. The summed E-state index contributed by atoms with van der Waals surface area (Å²) in [5, 5.41) is 3.08. The first-order valence-electron chi connectivity index (χ1n) is 10.1. The maximum atomic E-state index is 13.3. The molecule has 7 heteroatoms. The molecular weight excluding hydrogens is 428 g/mol. The van der Waals surface area contributed by atoms with Crippen LogP contribution in [0.25, 0.3) is 0 Å². The smallest absolute Gasteiger partial charge is 0.261 e. The van der Waals surface area contributed by atoms with Gasteiger partial charge >= 0.3 is 0 Å². The van der Waals surface area contributed by atoms with Crippen LogP contribution in [0, 0.1) is 0 Å². The Morgan fingerprint density at radius 2 is 1.62 bits per heavy atom. The van der Waals surface area contributed by atoms with E-state index in [-0.39, 0.29) is 25.0 Å². The second kappa shape index (κ2) is 11.2. The van der Waals surface area contributed by atoms with Gasteiger partial charge in [0.05, 0.1) is 12.1 Å². The van der Waals surface area contributed by atoms with E-state index in [4.69, 9.17) is 21.1 Å². The third kappa shape index (κ3) is 5.80. The van der Waals surface area contributed by atoms with Crippen molar-refractivity contribution in [3.8, 4) is 11.5 Å². The number of nitrogens with zero attached hydrogens (tertiary/aromatic N) is 1. The summed E-state index contributed by atoms with van der Waals surface area (Å²) in [6.07, 6.45) is 0. The fraction of sp³-hybridized carbons (Fsp3) is 0.200. The molecule has 0 saturated carbocycles. The molecule has 166 valence electrons. The number of carbonyl (C=O) groups excluding carboxylic acids is 2. The average molecular weight is 453 g/mol. The van der Waals surface area contributed by atoms with E-state index in [0.717, 1.165) is 5.56 Å². The van der Waals surface area contributed by atoms with E-state index >= 15 is 0 Å². The molecule has 3 rings (SSSR count). The van der Waals surface area contributed by atoms with Gasteiger partial charge in [0.15, 0.2) is 6.61 Å². The number of amides is 2. The summed E-state index contributed by atoms with van der Waals surface area (Å²) in [7, 11) is 3.14. The molecular formula is C25H25ClN2O4. The van der Waals surface area contributed by atoms with Crippen LogP contribution in [0.1, 0.15) is 17.2 Å². The lowest BCUT2D eigenvalue weighted by molar-refractivity contribution is -0.143. The minimum Gasteiger partial charge on any atom is -0.497 e. The molecule has 32 heavy (non-hydrogen) atoms. The van der Waals surface area contributed by atoms with Crippen molar-refractivity contribution in [2.24, 2.45) is 0 Å². The Kier molecular flexibility index (Phi) is 8.11. The van der Waals surface area contributed by atoms with Crippen molar-refractivity contribution < 1.29 is 19.1 Å². The molecule has 1 N–H and O–H groups in total. The van der Waals surface area contributed by atoms with Gasteiger partial charge in [-0.25, -0.2) is 0 Å². The largest absolute Gasteiger partial charge is 0.497 e. The van der Waals surface area contributed by atoms with E-state index in [0.29, 0.717) is 22.1 Å². The zero-order chi connectivity index (χ0) is 22.9. The Hall–Kier alpha value is -3.51. The van der Waals surface area contributed by atoms with Crippen molar-refractivity contribution >= 4 is 23.4 Å². The van der Waals surface area contributed by atoms with Crippen LogP contribution in [-0.4, -0.2) is 37.5 Å². The summed E-state index contributed by atoms with van der Waals surface area (Å²) in [4.78, 5) is 27.7. The van der Waals surface area contributed by atoms with Crippen molar-refractivity contribution in [3.63, 3.8) is 0 Å². The van der Waals surface area contributed by atoms with E-state index in [2.05, 4.69) is 5.32 Å². The summed E-state index contributed by atoms with van der Waals surface area (Å²) in [5.74, 6) is 0.469. The SMILES string of the molecule is CNC(=O)[C@@H](c1ccccc1)N(Cc1ccc(OC)cc1)C(=O)COc1ccccc1Cl. The number of rotatable bonds is 9. The fourth-order valence-corrected chi connectivity index (χ4v) is 3.47. The molecule has 0 spiro atoms. The molecule has 0 unspecified atom stereocenters. The van der Waals surface area contributed by atoms with E-state index in [1.165, 1.54) is 4.90 Å². The van der Waals surface area contributed by atoms with Gasteiger partial charge in [-0.3, -0.25) is 9.59 Å². The highest BCUT2D eigenvalue weighted by Crippen LogP contribution is 2.26. The van der Waals surface area contributed by atoms with Crippen molar-refractivity contribution in [3.05, 3.63) is 95.0 Å². The van der Waals surface area contributed by atoms with Gasteiger partial charge in [-0.2, -0.15) is 0 Å². The summed E-state index contributed by atoms with van der Waals surface area (Å²) < 4.78 is 10.9. The molecule has 0 bridgehead atoms. The first kappa shape index (κ1) is 23.2. The van der Waals surface area contributed by atoms with Crippen LogP contribution in [0.5, 0.6) is 11.5 Å². The number of halogens is 1. The second-order valence-electron chi connectivity index (χ2n) is 7.02. The van der Waals surface area contributed by atoms with Gasteiger partial charge in [0.1, 0.15) is 17.5 Å². The average Bonchev–Trinajstić information content (AvgIpc) is 2.83. The molecule has 0 heterocycles. The number of likely N-dealkylation sites (N-methyl/N-ethyl adjacent to an activating group) is 1. The Morgan fingerprint density at radius 3 is 2.25 bits per heavy atom. The molecule has 2 amide bonds. The van der Waals surface area contributed by atoms with Crippen LogP contribution in [0.2, 0.25) is 5.02 Å². The number of ether oxygens (including phenoxy) is 2. The van der Waals surface area contributed by atoms with E-state index in [1.807, 2.05) is 54.6 Å². The predicted octanol–water partition coefficient (Wildman–Crippen LogP) is 4.24.